The van der Waals surface area contributed by atoms with E-state index in [0.29, 0.717) is 11.3 Å². The fourth-order valence-electron chi connectivity index (χ4n) is 14.5. The lowest BCUT2D eigenvalue weighted by molar-refractivity contribution is -0.314. The minimum Gasteiger partial charge on any atom is -0.457 e. The minimum absolute atomic E-state index is 0.140. The Balaban J connectivity index is 0.967. The van der Waals surface area contributed by atoms with E-state index in [2.05, 4.69) is 54.5 Å². The molecule has 5 aliphatic rings. The zero-order valence-electron chi connectivity index (χ0n) is 42.7. The summed E-state index contributed by atoms with van der Waals surface area (Å²) in [7, 11) is 0. The molecule has 0 radical (unpaired) electrons. The van der Waals surface area contributed by atoms with Crippen molar-refractivity contribution in [2.24, 2.45) is 52.3 Å². The van der Waals surface area contributed by atoms with Gasteiger partial charge in [-0.25, -0.2) is 0 Å². The summed E-state index contributed by atoms with van der Waals surface area (Å²) in [6.07, 6.45) is 34.8. The lowest BCUT2D eigenvalue weighted by atomic mass is 9.47. The number of esters is 1. The van der Waals surface area contributed by atoms with E-state index in [-0.39, 0.29) is 17.9 Å². The standard InChI is InChI=1S/C57H102O7/c1-8-10-11-12-13-14-15-16-17-18-19-20-21-22-23-24-25-26-27-28-51(59)64-54-50(40-58)63-55(53(61)52(54)60)62-45-35-37-56(6)44(39-45)31-32-46-48-34-33-47(57(48,7)38-36-49(46)56)42(5)29-30-43(9-2)41(3)4/h31,41-43,45-50,52-55,58,60-61H,8-30,32-40H2,1-7H3/t42-,43-,45+,46+,47-,48+,49+,50-,52-,53-,54-,55-,56+,57-/m1/s1. The fraction of sp³-hybridized carbons (Fsp3) is 0.947. The van der Waals surface area contributed by atoms with Crippen LogP contribution in [0.4, 0.5) is 0 Å². The Morgan fingerprint density at radius 1 is 0.750 bits per heavy atom. The van der Waals surface area contributed by atoms with Crippen LogP contribution in [0.3, 0.4) is 0 Å². The first-order valence-electron chi connectivity index (χ1n) is 28.0. The maximum atomic E-state index is 12.9. The van der Waals surface area contributed by atoms with Gasteiger partial charge in [0.1, 0.15) is 18.3 Å². The topological polar surface area (TPSA) is 105 Å². The highest BCUT2D eigenvalue weighted by Crippen LogP contribution is 2.67. The van der Waals surface area contributed by atoms with E-state index in [1.165, 1.54) is 153 Å². The van der Waals surface area contributed by atoms with Gasteiger partial charge in [-0.2, -0.15) is 0 Å². The van der Waals surface area contributed by atoms with Crippen molar-refractivity contribution in [3.8, 4) is 0 Å². The molecule has 1 heterocycles. The largest absolute Gasteiger partial charge is 0.457 e. The highest BCUT2D eigenvalue weighted by Gasteiger charge is 2.59. The van der Waals surface area contributed by atoms with Gasteiger partial charge in [-0.15, -0.1) is 0 Å². The molecule has 0 aromatic rings. The first kappa shape index (κ1) is 54.0. The van der Waals surface area contributed by atoms with Crippen LogP contribution in [0.25, 0.3) is 0 Å². The van der Waals surface area contributed by atoms with Crippen molar-refractivity contribution in [1.82, 2.24) is 0 Å². The first-order chi connectivity index (χ1) is 30.9. The summed E-state index contributed by atoms with van der Waals surface area (Å²) in [6.45, 7) is 16.8. The molecule has 7 nitrogen and oxygen atoms in total. The molecular formula is C57H102O7. The molecule has 3 saturated carbocycles. The molecule has 0 amide bonds. The summed E-state index contributed by atoms with van der Waals surface area (Å²) < 4.78 is 18.2. The molecule has 1 aliphatic heterocycles. The molecule has 0 unspecified atom stereocenters. The highest BCUT2D eigenvalue weighted by atomic mass is 16.7. The van der Waals surface area contributed by atoms with Crippen molar-refractivity contribution < 1.29 is 34.3 Å². The molecule has 14 atom stereocenters. The maximum Gasteiger partial charge on any atom is 0.306 e. The Bertz CT molecular complexity index is 1350. The second-order valence-electron chi connectivity index (χ2n) is 23.2. The van der Waals surface area contributed by atoms with E-state index in [0.717, 1.165) is 80.5 Å². The zero-order chi connectivity index (χ0) is 46.1. The van der Waals surface area contributed by atoms with Gasteiger partial charge in [-0.05, 0) is 116 Å². The average molecular weight is 899 g/mol. The number of carbonyl (C=O) groups is 1. The van der Waals surface area contributed by atoms with Crippen molar-refractivity contribution in [2.75, 3.05) is 6.61 Å². The summed E-state index contributed by atoms with van der Waals surface area (Å²) in [6, 6.07) is 0. The minimum atomic E-state index is -1.40. The number of carbonyl (C=O) groups excluding carboxylic acids is 1. The Hall–Kier alpha value is -0.990. The smallest absolute Gasteiger partial charge is 0.306 e. The van der Waals surface area contributed by atoms with E-state index < -0.39 is 43.3 Å². The van der Waals surface area contributed by atoms with Crippen molar-refractivity contribution in [1.29, 1.82) is 0 Å². The molecule has 4 aliphatic carbocycles. The van der Waals surface area contributed by atoms with Crippen LogP contribution in [0, 0.1) is 52.3 Å². The Morgan fingerprint density at radius 3 is 1.91 bits per heavy atom. The molecule has 372 valence electrons. The number of unbranched alkanes of at least 4 members (excludes halogenated alkanes) is 18. The van der Waals surface area contributed by atoms with Crippen LogP contribution < -0.4 is 0 Å². The lowest BCUT2D eigenvalue weighted by Crippen LogP contribution is -2.61. The number of ether oxygens (including phenoxy) is 3. The third-order valence-corrected chi connectivity index (χ3v) is 18.7. The third-order valence-electron chi connectivity index (χ3n) is 18.7. The van der Waals surface area contributed by atoms with Gasteiger partial charge in [-0.1, -0.05) is 189 Å². The quantitative estimate of drug-likeness (QED) is 0.0375. The Labute approximate surface area is 393 Å². The predicted molar refractivity (Wildman–Crippen MR) is 263 cm³/mol. The van der Waals surface area contributed by atoms with Gasteiger partial charge < -0.3 is 29.5 Å². The molecule has 0 aromatic heterocycles. The molecule has 64 heavy (non-hydrogen) atoms. The van der Waals surface area contributed by atoms with Crippen LogP contribution in [0.1, 0.15) is 248 Å². The fourth-order valence-corrected chi connectivity index (χ4v) is 14.5. The predicted octanol–water partition coefficient (Wildman–Crippen LogP) is 14.2. The van der Waals surface area contributed by atoms with Gasteiger partial charge in [0.2, 0.25) is 0 Å². The summed E-state index contributed by atoms with van der Waals surface area (Å²) in [5.74, 6) is 5.13. The van der Waals surface area contributed by atoms with E-state index >= 15 is 0 Å². The molecule has 0 spiro atoms. The van der Waals surface area contributed by atoms with Crippen LogP contribution in [-0.2, 0) is 19.0 Å². The zero-order valence-corrected chi connectivity index (χ0v) is 42.7. The molecular weight excluding hydrogens is 797 g/mol. The molecule has 0 bridgehead atoms. The highest BCUT2D eigenvalue weighted by molar-refractivity contribution is 5.69. The number of hydrogen-bond acceptors (Lipinski definition) is 7. The second-order valence-corrected chi connectivity index (χ2v) is 23.2. The van der Waals surface area contributed by atoms with Crippen LogP contribution in [0.15, 0.2) is 11.6 Å². The van der Waals surface area contributed by atoms with Gasteiger partial charge >= 0.3 is 5.97 Å². The summed E-state index contributed by atoms with van der Waals surface area (Å²) in [5.41, 5.74) is 2.13. The summed E-state index contributed by atoms with van der Waals surface area (Å²) in [5, 5.41) is 32.7. The number of aliphatic hydroxyl groups excluding tert-OH is 3. The lowest BCUT2D eigenvalue weighted by Gasteiger charge is -2.58. The summed E-state index contributed by atoms with van der Waals surface area (Å²) in [4.78, 5) is 12.9. The Morgan fingerprint density at radius 2 is 1.34 bits per heavy atom. The summed E-state index contributed by atoms with van der Waals surface area (Å²) >= 11 is 0. The van der Waals surface area contributed by atoms with E-state index in [1.54, 1.807) is 0 Å². The average Bonchev–Trinajstić information content (AvgIpc) is 3.64. The number of aliphatic hydroxyl groups is 3. The van der Waals surface area contributed by atoms with E-state index in [9.17, 15) is 20.1 Å². The number of fused-ring (bicyclic) bond motifs is 5. The van der Waals surface area contributed by atoms with Gasteiger partial charge in [0.15, 0.2) is 12.4 Å². The molecule has 7 heteroatoms. The normalized spacial score (nSPS) is 34.8. The van der Waals surface area contributed by atoms with Crippen LogP contribution in [-0.4, -0.2) is 64.7 Å². The molecule has 5 rings (SSSR count). The number of hydrogen-bond donors (Lipinski definition) is 3. The van der Waals surface area contributed by atoms with Gasteiger partial charge in [0.05, 0.1) is 12.7 Å². The molecule has 3 N–H and O–H groups in total. The van der Waals surface area contributed by atoms with Gasteiger partial charge in [0.25, 0.3) is 0 Å². The van der Waals surface area contributed by atoms with Crippen molar-refractivity contribution >= 4 is 5.97 Å². The Kier molecular flexibility index (Phi) is 23.0. The molecule has 0 aromatic carbocycles. The monoisotopic (exact) mass is 899 g/mol. The van der Waals surface area contributed by atoms with Crippen molar-refractivity contribution in [2.45, 2.75) is 284 Å². The van der Waals surface area contributed by atoms with E-state index in [1.807, 2.05) is 0 Å². The van der Waals surface area contributed by atoms with Gasteiger partial charge in [-0.3, -0.25) is 4.79 Å². The SMILES string of the molecule is CCCCCCCCCCCCCCCCCCCCCC(=O)O[C@H]1[C@H](O)[C@@H](O)[C@H](O[C@H]2CC[C@@]3(C)C(=CC[C@H]4[C@@H]5CC[C@H]([C@H](C)CC[C@@H](CC)C(C)C)[C@@]5(C)CC[C@@H]43)C2)O[C@@H]1CO. The second kappa shape index (κ2) is 27.3. The maximum absolute atomic E-state index is 12.9. The van der Waals surface area contributed by atoms with Crippen molar-refractivity contribution in [3.63, 3.8) is 0 Å². The van der Waals surface area contributed by atoms with Crippen LogP contribution >= 0.6 is 0 Å². The number of rotatable bonds is 30. The third kappa shape index (κ3) is 14.5. The number of allylic oxidation sites excluding steroid dienone is 1. The first-order valence-corrected chi connectivity index (χ1v) is 28.0. The van der Waals surface area contributed by atoms with Crippen LogP contribution in [0.5, 0.6) is 0 Å². The van der Waals surface area contributed by atoms with E-state index in [4.69, 9.17) is 14.2 Å². The molecule has 1 saturated heterocycles. The van der Waals surface area contributed by atoms with Crippen LogP contribution in [0.2, 0.25) is 0 Å². The molecule has 4 fully saturated rings. The van der Waals surface area contributed by atoms with Gasteiger partial charge in [0, 0.05) is 6.42 Å². The van der Waals surface area contributed by atoms with Crippen molar-refractivity contribution in [3.05, 3.63) is 11.6 Å².